The molecule has 0 saturated carbocycles. The van der Waals surface area contributed by atoms with Crippen molar-refractivity contribution in [1.82, 2.24) is 31.2 Å². The molecule has 2 rings (SSSR count). The van der Waals surface area contributed by atoms with Gasteiger partial charge in [0.05, 0.1) is 26.4 Å². The Kier molecular flexibility index (Phi) is 35.9. The fourth-order valence-corrected chi connectivity index (χ4v) is 6.87. The molecule has 0 aliphatic carbocycles. The number of nitrogen functional groups attached to an aromatic ring is 1. The molecule has 0 spiro atoms. The number of unbranched alkanes of at least 4 members (excludes halogenated alkanes) is 12. The summed E-state index contributed by atoms with van der Waals surface area (Å²) in [6, 6.07) is 7.03. The van der Waals surface area contributed by atoms with Gasteiger partial charge in [0.2, 0.25) is 23.7 Å². The molecule has 18 heteroatoms. The molecular formula is C51H84N10O8. The minimum Gasteiger partial charge on any atom is -0.385 e. The third-order valence-electron chi connectivity index (χ3n) is 10.8. The van der Waals surface area contributed by atoms with Crippen molar-refractivity contribution in [3.8, 4) is 0 Å². The molecule has 0 aliphatic heterocycles. The third-order valence-corrected chi connectivity index (χ3v) is 10.8. The summed E-state index contributed by atoms with van der Waals surface area (Å²) in [6.45, 7) is 10.9. The number of ether oxygens (including phenoxy) is 3. The fourth-order valence-electron chi connectivity index (χ4n) is 6.87. The quantitative estimate of drug-likeness (QED) is 0.0196. The van der Waals surface area contributed by atoms with Gasteiger partial charge in [-0.2, -0.15) is 4.98 Å². The number of nitrogens with zero attached hydrogens (tertiary/aromatic N) is 3. The first-order chi connectivity index (χ1) is 33.7. The maximum absolute atomic E-state index is 12.5. The topological polar surface area (TPSA) is 253 Å². The molecule has 386 valence electrons. The van der Waals surface area contributed by atoms with Crippen LogP contribution in [0.3, 0.4) is 0 Å². The number of allylic oxidation sites excluding steroid dienone is 2. The second-order valence-electron chi connectivity index (χ2n) is 16.8. The maximum atomic E-state index is 12.5. The molecule has 0 bridgehead atoms. The first kappa shape index (κ1) is 59.7. The number of H-pyrrole nitrogens is 1. The van der Waals surface area contributed by atoms with E-state index < -0.39 is 5.56 Å². The van der Waals surface area contributed by atoms with E-state index in [0.717, 1.165) is 18.5 Å². The molecule has 0 unspecified atom stereocenters. The number of aromatic nitrogens is 2. The summed E-state index contributed by atoms with van der Waals surface area (Å²) in [6.07, 6.45) is 27.0. The Balaban J connectivity index is 1.30. The predicted molar refractivity (Wildman–Crippen MR) is 277 cm³/mol. The smallest absolute Gasteiger partial charge is 0.280 e. The highest BCUT2D eigenvalue weighted by atomic mass is 16.5. The van der Waals surface area contributed by atoms with E-state index >= 15 is 0 Å². The van der Waals surface area contributed by atoms with Crippen molar-refractivity contribution in [3.05, 3.63) is 52.3 Å². The van der Waals surface area contributed by atoms with Gasteiger partial charge in [-0.3, -0.25) is 33.9 Å². The van der Waals surface area contributed by atoms with Crippen molar-refractivity contribution in [2.24, 2.45) is 9.98 Å². The third kappa shape index (κ3) is 32.8. The number of aliphatic imine (C=N–C) groups is 2. The standard InChI is InChI=1S/C51H84N10O8/c1-3-4-5-6-7-8-9-10-11-12-13-14-15-16-17-18-30-55-45(63)28-29-46(64)57-35-22-37-68-39-41-69-40-38-67-36-21-34-56-44(62)23-19-31-59-49(65)42-24-26-43(27-25-42)54-32-20-33-58-48-47(53-2)50(66)61-51(52)60-48/h10-11,24-27,33,54H,2-9,12-23,28-32,34-41H2,1H3,(H,55,63)(H,56,62)(H,57,64)(H,59,65)(H3,52,60,61,66)/b11-10-,58-33-. The summed E-state index contributed by atoms with van der Waals surface area (Å²) in [7, 11) is 0. The first-order valence-electron chi connectivity index (χ1n) is 25.4. The summed E-state index contributed by atoms with van der Waals surface area (Å²) in [5.41, 5.74) is 6.39. The van der Waals surface area contributed by atoms with Gasteiger partial charge in [-0.25, -0.2) is 4.99 Å². The molecule has 0 aliphatic rings. The molecule has 1 aromatic heterocycles. The molecular weight excluding hydrogens is 881 g/mol. The van der Waals surface area contributed by atoms with Crippen LogP contribution >= 0.6 is 0 Å². The minimum absolute atomic E-state index is 0.000644. The molecule has 18 nitrogen and oxygen atoms in total. The Morgan fingerprint density at radius 2 is 1.13 bits per heavy atom. The van der Waals surface area contributed by atoms with E-state index in [9.17, 15) is 24.0 Å². The normalized spacial score (nSPS) is 11.3. The lowest BCUT2D eigenvalue weighted by Gasteiger charge is -2.09. The van der Waals surface area contributed by atoms with Gasteiger partial charge in [0, 0.05) is 89.1 Å². The van der Waals surface area contributed by atoms with E-state index in [-0.39, 0.29) is 53.9 Å². The van der Waals surface area contributed by atoms with Crippen LogP contribution in [0, 0.1) is 0 Å². The number of amides is 4. The van der Waals surface area contributed by atoms with Crippen LogP contribution in [0.25, 0.3) is 0 Å². The second-order valence-corrected chi connectivity index (χ2v) is 16.8. The highest BCUT2D eigenvalue weighted by Crippen LogP contribution is 2.20. The van der Waals surface area contributed by atoms with Gasteiger partial charge in [0.1, 0.15) is 0 Å². The molecule has 8 N–H and O–H groups in total. The number of nitrogens with one attached hydrogen (secondary N) is 6. The van der Waals surface area contributed by atoms with Gasteiger partial charge >= 0.3 is 0 Å². The van der Waals surface area contributed by atoms with Crippen LogP contribution in [0.4, 0.5) is 23.1 Å². The van der Waals surface area contributed by atoms with Crippen LogP contribution in [0.15, 0.2) is 51.2 Å². The molecule has 1 heterocycles. The highest BCUT2D eigenvalue weighted by molar-refractivity contribution is 5.94. The van der Waals surface area contributed by atoms with Crippen molar-refractivity contribution in [3.63, 3.8) is 0 Å². The molecule has 1 aromatic carbocycles. The first-order valence-corrected chi connectivity index (χ1v) is 25.4. The number of hydrogen-bond acceptors (Lipinski definition) is 13. The van der Waals surface area contributed by atoms with Crippen molar-refractivity contribution < 1.29 is 33.4 Å². The lowest BCUT2D eigenvalue weighted by atomic mass is 10.1. The number of hydrogen-bond donors (Lipinski definition) is 7. The predicted octanol–water partition coefficient (Wildman–Crippen LogP) is 7.40. The van der Waals surface area contributed by atoms with Gasteiger partial charge in [-0.05, 0) is 82.3 Å². The molecule has 0 radical (unpaired) electrons. The number of rotatable bonds is 44. The van der Waals surface area contributed by atoms with Crippen molar-refractivity contribution >= 4 is 59.7 Å². The van der Waals surface area contributed by atoms with Crippen molar-refractivity contribution in [2.75, 3.05) is 83.4 Å². The minimum atomic E-state index is -0.510. The zero-order valence-corrected chi connectivity index (χ0v) is 41.6. The summed E-state index contributed by atoms with van der Waals surface area (Å²) in [5, 5.41) is 14.7. The molecule has 2 aromatic rings. The number of carbonyl (C=O) groups excluding carboxylic acids is 4. The van der Waals surface area contributed by atoms with Crippen molar-refractivity contribution in [1.29, 1.82) is 0 Å². The van der Waals surface area contributed by atoms with E-state index in [1.807, 2.05) is 0 Å². The van der Waals surface area contributed by atoms with Crippen LogP contribution in [0.5, 0.6) is 0 Å². The molecule has 69 heavy (non-hydrogen) atoms. The summed E-state index contributed by atoms with van der Waals surface area (Å²) in [4.78, 5) is 74.9. The van der Waals surface area contributed by atoms with Gasteiger partial charge in [-0.1, -0.05) is 76.9 Å². The number of aromatic amines is 1. The SMILES string of the molecule is C=Nc1c(/N=C\CCNc2ccc(C(=O)NCCCC(=O)NCCCOCCOCCOCCCNC(=O)CCC(=O)NCCCCCCCC/C=C\CCCCCCCC)cc2)nc(N)[nH]c1=O. The van der Waals surface area contributed by atoms with E-state index in [0.29, 0.717) is 110 Å². The van der Waals surface area contributed by atoms with Gasteiger partial charge in [0.25, 0.3) is 11.5 Å². The van der Waals surface area contributed by atoms with Gasteiger partial charge in [-0.15, -0.1) is 0 Å². The average molecular weight is 965 g/mol. The largest absolute Gasteiger partial charge is 0.385 e. The zero-order valence-electron chi connectivity index (χ0n) is 41.6. The van der Waals surface area contributed by atoms with E-state index in [1.54, 1.807) is 30.5 Å². The van der Waals surface area contributed by atoms with Crippen LogP contribution in [0.2, 0.25) is 0 Å². The molecule has 0 saturated heterocycles. The summed E-state index contributed by atoms with van der Waals surface area (Å²) in [5.74, 6) is -0.466. The molecule has 0 fully saturated rings. The highest BCUT2D eigenvalue weighted by Gasteiger charge is 2.09. The summed E-state index contributed by atoms with van der Waals surface area (Å²) >= 11 is 0. The number of nitrogens with two attached hydrogens (primary N) is 1. The monoisotopic (exact) mass is 965 g/mol. The lowest BCUT2D eigenvalue weighted by Crippen LogP contribution is -2.29. The lowest BCUT2D eigenvalue weighted by molar-refractivity contribution is -0.126. The van der Waals surface area contributed by atoms with Crippen LogP contribution in [-0.4, -0.2) is 119 Å². The number of benzene rings is 1. The molecule has 4 amide bonds. The zero-order chi connectivity index (χ0) is 49.8. The van der Waals surface area contributed by atoms with E-state index in [2.05, 4.69) is 72.3 Å². The van der Waals surface area contributed by atoms with Crippen molar-refractivity contribution in [2.45, 2.75) is 142 Å². The van der Waals surface area contributed by atoms with E-state index in [4.69, 9.17) is 19.9 Å². The Labute approximate surface area is 410 Å². The maximum Gasteiger partial charge on any atom is 0.280 e. The Morgan fingerprint density at radius 3 is 1.71 bits per heavy atom. The number of carbonyl (C=O) groups is 4. The van der Waals surface area contributed by atoms with Crippen LogP contribution in [-0.2, 0) is 28.6 Å². The van der Waals surface area contributed by atoms with Gasteiger partial charge in [0.15, 0.2) is 11.5 Å². The second kappa shape index (κ2) is 41.5. The van der Waals surface area contributed by atoms with Crippen LogP contribution < -0.4 is 37.9 Å². The Bertz CT molecular complexity index is 1820. The fraction of sp³-hybridized carbons (Fsp3) is 0.647. The number of anilines is 2. The summed E-state index contributed by atoms with van der Waals surface area (Å²) < 4.78 is 16.7. The average Bonchev–Trinajstić information content (AvgIpc) is 3.34. The molecule has 0 atom stereocenters. The Hall–Kier alpha value is -5.46. The Morgan fingerprint density at radius 1 is 0.623 bits per heavy atom. The van der Waals surface area contributed by atoms with Gasteiger partial charge < -0.3 is 46.5 Å². The van der Waals surface area contributed by atoms with Crippen LogP contribution in [0.1, 0.15) is 152 Å². The van der Waals surface area contributed by atoms with E-state index in [1.165, 1.54) is 77.0 Å².